The predicted molar refractivity (Wildman–Crippen MR) is 136 cm³/mol. The van der Waals surface area contributed by atoms with Gasteiger partial charge in [0.25, 0.3) is 5.91 Å². The smallest absolute Gasteiger partial charge is 0.255 e. The number of nitrogens with zero attached hydrogens (tertiary/aromatic N) is 1. The molecule has 1 aliphatic rings. The van der Waals surface area contributed by atoms with Gasteiger partial charge in [0.2, 0.25) is 11.6 Å². The average Bonchev–Trinajstić information content (AvgIpc) is 2.87. The summed E-state index contributed by atoms with van der Waals surface area (Å²) in [7, 11) is 0. The Morgan fingerprint density at radius 3 is 2.29 bits per heavy atom. The summed E-state index contributed by atoms with van der Waals surface area (Å²) in [6.45, 7) is 2.15. The lowest BCUT2D eigenvalue weighted by molar-refractivity contribution is 0.0974. The zero-order chi connectivity index (χ0) is 24.5. The molecule has 2 N–H and O–H groups in total. The Bertz CT molecular complexity index is 1540. The van der Waals surface area contributed by atoms with Gasteiger partial charge in [-0.15, -0.1) is 0 Å². The monoisotopic (exact) mass is 481 g/mol. The van der Waals surface area contributed by atoms with Gasteiger partial charge in [0.05, 0.1) is 11.2 Å². The summed E-state index contributed by atoms with van der Waals surface area (Å²) in [5, 5.41) is 6.71. The van der Waals surface area contributed by atoms with Crippen molar-refractivity contribution < 1.29 is 14.4 Å². The standard InChI is InChI=1S/C28H20ClN3O3/c1-16-14-23(21-8-4-5-9-22(21)31-16)32-28(35)18-12-10-17(11-13-18)15-30-25-24(29)26(33)19-6-2-3-7-20(19)27(25)34/h2-14,30H,15H2,1H3,(H,31,32,35). The van der Waals surface area contributed by atoms with Crippen molar-refractivity contribution in [1.29, 1.82) is 0 Å². The summed E-state index contributed by atoms with van der Waals surface area (Å²) < 4.78 is 0. The number of aromatic nitrogens is 1. The molecule has 0 atom stereocenters. The molecule has 3 aromatic carbocycles. The Balaban J connectivity index is 1.30. The summed E-state index contributed by atoms with van der Waals surface area (Å²) in [6, 6.07) is 23.1. The van der Waals surface area contributed by atoms with E-state index in [1.54, 1.807) is 48.5 Å². The van der Waals surface area contributed by atoms with Crippen molar-refractivity contribution in [2.24, 2.45) is 0 Å². The summed E-state index contributed by atoms with van der Waals surface area (Å²) in [4.78, 5) is 42.7. The first-order chi connectivity index (χ1) is 16.9. The minimum atomic E-state index is -0.379. The highest BCUT2D eigenvalue weighted by molar-refractivity contribution is 6.49. The van der Waals surface area contributed by atoms with Crippen LogP contribution < -0.4 is 10.6 Å². The second kappa shape index (κ2) is 9.16. The van der Waals surface area contributed by atoms with Crippen LogP contribution in [0.1, 0.15) is 42.3 Å². The fourth-order valence-corrected chi connectivity index (χ4v) is 4.33. The summed E-state index contributed by atoms with van der Waals surface area (Å²) in [5.41, 5.74) is 4.35. The highest BCUT2D eigenvalue weighted by atomic mass is 35.5. The largest absolute Gasteiger partial charge is 0.376 e. The molecule has 1 heterocycles. The number of aryl methyl sites for hydroxylation is 1. The van der Waals surface area contributed by atoms with Crippen LogP contribution in [0, 0.1) is 6.92 Å². The maximum atomic E-state index is 12.9. The molecule has 0 saturated carbocycles. The first-order valence-corrected chi connectivity index (χ1v) is 11.4. The molecule has 1 aromatic heterocycles. The van der Waals surface area contributed by atoms with Gasteiger partial charge in [-0.3, -0.25) is 19.4 Å². The van der Waals surface area contributed by atoms with Crippen LogP contribution in [0.5, 0.6) is 0 Å². The molecule has 0 spiro atoms. The number of ketones is 2. The number of hydrogen-bond donors (Lipinski definition) is 2. The number of pyridine rings is 1. The number of halogens is 1. The van der Waals surface area contributed by atoms with Gasteiger partial charge >= 0.3 is 0 Å². The van der Waals surface area contributed by atoms with E-state index in [0.29, 0.717) is 22.4 Å². The number of carbonyl (C=O) groups excluding carboxylic acids is 3. The molecule has 6 nitrogen and oxygen atoms in total. The van der Waals surface area contributed by atoms with Gasteiger partial charge in [-0.1, -0.05) is 66.2 Å². The Morgan fingerprint density at radius 2 is 1.54 bits per heavy atom. The van der Waals surface area contributed by atoms with Crippen molar-refractivity contribution in [2.75, 3.05) is 5.32 Å². The number of carbonyl (C=O) groups is 3. The van der Waals surface area contributed by atoms with Crippen LogP contribution in [0.2, 0.25) is 0 Å². The van der Waals surface area contributed by atoms with E-state index in [1.165, 1.54) is 0 Å². The molecule has 1 amide bonds. The van der Waals surface area contributed by atoms with Crippen LogP contribution in [-0.4, -0.2) is 22.5 Å². The molecule has 0 saturated heterocycles. The van der Waals surface area contributed by atoms with E-state index in [-0.39, 0.29) is 34.7 Å². The van der Waals surface area contributed by atoms with Crippen LogP contribution in [0.4, 0.5) is 5.69 Å². The molecular formula is C28H20ClN3O3. The molecule has 4 aromatic rings. The second-order valence-corrected chi connectivity index (χ2v) is 8.60. The fraction of sp³-hybridized carbons (Fsp3) is 0.0714. The molecule has 0 radical (unpaired) electrons. The van der Waals surface area contributed by atoms with Gasteiger partial charge in [-0.05, 0) is 36.8 Å². The number of rotatable bonds is 5. The van der Waals surface area contributed by atoms with Gasteiger partial charge in [0.1, 0.15) is 10.7 Å². The number of Topliss-reactive ketones (excluding diaryl/α,β-unsaturated/α-hetero) is 2. The van der Waals surface area contributed by atoms with Gasteiger partial charge in [0, 0.05) is 34.3 Å². The van der Waals surface area contributed by atoms with Crippen molar-refractivity contribution in [2.45, 2.75) is 13.5 Å². The van der Waals surface area contributed by atoms with Crippen molar-refractivity contribution in [3.05, 3.63) is 118 Å². The third kappa shape index (κ3) is 4.32. The number of benzene rings is 3. The van der Waals surface area contributed by atoms with Crippen LogP contribution in [0.3, 0.4) is 0 Å². The average molecular weight is 482 g/mol. The molecule has 0 bridgehead atoms. The maximum absolute atomic E-state index is 12.9. The lowest BCUT2D eigenvalue weighted by Gasteiger charge is -2.19. The molecule has 0 aliphatic heterocycles. The topological polar surface area (TPSA) is 88.2 Å². The molecule has 0 unspecified atom stereocenters. The first kappa shape index (κ1) is 22.5. The number of fused-ring (bicyclic) bond motifs is 2. The fourth-order valence-electron chi connectivity index (χ4n) is 4.07. The number of para-hydroxylation sites is 1. The van der Waals surface area contributed by atoms with Crippen LogP contribution in [0.15, 0.2) is 89.6 Å². The lowest BCUT2D eigenvalue weighted by atomic mass is 9.92. The third-order valence-electron chi connectivity index (χ3n) is 5.84. The van der Waals surface area contributed by atoms with Gasteiger partial charge < -0.3 is 10.6 Å². The minimum absolute atomic E-state index is 0.0807. The van der Waals surface area contributed by atoms with Crippen LogP contribution in [0.25, 0.3) is 10.9 Å². The number of hydrogen-bond acceptors (Lipinski definition) is 5. The van der Waals surface area contributed by atoms with Gasteiger partial charge in [-0.25, -0.2) is 0 Å². The summed E-state index contributed by atoms with van der Waals surface area (Å²) in [5.74, 6) is -0.938. The highest BCUT2D eigenvalue weighted by Crippen LogP contribution is 2.27. The molecule has 0 fully saturated rings. The Labute approximate surface area is 206 Å². The third-order valence-corrected chi connectivity index (χ3v) is 6.20. The highest BCUT2D eigenvalue weighted by Gasteiger charge is 2.30. The van der Waals surface area contributed by atoms with Crippen LogP contribution in [-0.2, 0) is 6.54 Å². The molecule has 7 heteroatoms. The molecule has 5 rings (SSSR count). The summed E-state index contributed by atoms with van der Waals surface area (Å²) >= 11 is 6.21. The van der Waals surface area contributed by atoms with Crippen LogP contribution >= 0.6 is 11.6 Å². The number of allylic oxidation sites excluding steroid dienone is 2. The SMILES string of the molecule is Cc1cc(NC(=O)c2ccc(CNC3=C(Cl)C(=O)c4ccccc4C3=O)cc2)c2ccccc2n1. The Morgan fingerprint density at radius 1 is 0.886 bits per heavy atom. The van der Waals surface area contributed by atoms with Crippen molar-refractivity contribution >= 4 is 45.7 Å². The van der Waals surface area contributed by atoms with E-state index in [9.17, 15) is 14.4 Å². The second-order valence-electron chi connectivity index (χ2n) is 8.23. The van der Waals surface area contributed by atoms with Crippen molar-refractivity contribution in [1.82, 2.24) is 10.3 Å². The molecular weight excluding hydrogens is 462 g/mol. The van der Waals surface area contributed by atoms with E-state index in [4.69, 9.17) is 11.6 Å². The molecule has 35 heavy (non-hydrogen) atoms. The minimum Gasteiger partial charge on any atom is -0.376 e. The van der Waals surface area contributed by atoms with E-state index in [1.807, 2.05) is 37.3 Å². The number of amides is 1. The maximum Gasteiger partial charge on any atom is 0.255 e. The van der Waals surface area contributed by atoms with E-state index >= 15 is 0 Å². The van der Waals surface area contributed by atoms with E-state index in [0.717, 1.165) is 22.2 Å². The Kier molecular flexibility index (Phi) is 5.89. The molecule has 1 aliphatic carbocycles. The summed E-state index contributed by atoms with van der Waals surface area (Å²) in [6.07, 6.45) is 0. The first-order valence-electron chi connectivity index (χ1n) is 11.0. The predicted octanol–water partition coefficient (Wildman–Crippen LogP) is 5.41. The van der Waals surface area contributed by atoms with E-state index < -0.39 is 0 Å². The van der Waals surface area contributed by atoms with E-state index in [2.05, 4.69) is 15.6 Å². The van der Waals surface area contributed by atoms with Gasteiger partial charge in [0.15, 0.2) is 0 Å². The zero-order valence-electron chi connectivity index (χ0n) is 18.8. The normalized spacial score (nSPS) is 13.1. The number of anilines is 1. The quantitative estimate of drug-likeness (QED) is 0.397. The number of nitrogens with one attached hydrogen (secondary N) is 2. The Hall–Kier alpha value is -4.29. The van der Waals surface area contributed by atoms with Gasteiger partial charge in [-0.2, -0.15) is 0 Å². The molecule has 172 valence electrons. The van der Waals surface area contributed by atoms with Crippen molar-refractivity contribution in [3.8, 4) is 0 Å². The van der Waals surface area contributed by atoms with Crippen molar-refractivity contribution in [3.63, 3.8) is 0 Å². The lowest BCUT2D eigenvalue weighted by Crippen LogP contribution is -2.28. The zero-order valence-corrected chi connectivity index (χ0v) is 19.5.